The first kappa shape index (κ1) is 8.06. The maximum Gasteiger partial charge on any atom is 0.00957 e. The quantitative estimate of drug-likeness (QED) is 0.500. The fourth-order valence-electron chi connectivity index (χ4n) is 2.38. The van der Waals surface area contributed by atoms with Crippen molar-refractivity contribution >= 4 is 0 Å². The summed E-state index contributed by atoms with van der Waals surface area (Å²) in [6.45, 7) is 0. The third kappa shape index (κ3) is 1.07. The van der Waals surface area contributed by atoms with Gasteiger partial charge >= 0.3 is 0 Å². The van der Waals surface area contributed by atoms with Gasteiger partial charge in [-0.2, -0.15) is 0 Å². The molecule has 0 spiro atoms. The second-order valence-corrected chi connectivity index (χ2v) is 3.48. The standard InChI is InChI=1S/C8H15N.CH4/c1-9-7-3-2-4-8(9)6-5-7;/h7-8H,2-6H2,1H3;1H4. The van der Waals surface area contributed by atoms with Crippen molar-refractivity contribution in [3.8, 4) is 0 Å². The first-order valence-corrected chi connectivity index (χ1v) is 4.10. The third-order valence-corrected chi connectivity index (χ3v) is 3.06. The fraction of sp³-hybridized carbons (Fsp3) is 1.00. The molecule has 2 rings (SSSR count). The molecule has 2 aliphatic rings. The van der Waals surface area contributed by atoms with Crippen LogP contribution in [0.5, 0.6) is 0 Å². The van der Waals surface area contributed by atoms with E-state index in [-0.39, 0.29) is 7.43 Å². The van der Waals surface area contributed by atoms with Crippen LogP contribution in [0.1, 0.15) is 39.5 Å². The normalized spacial score (nSPS) is 39.3. The van der Waals surface area contributed by atoms with Crippen LogP contribution in [0.25, 0.3) is 0 Å². The van der Waals surface area contributed by atoms with Crippen molar-refractivity contribution < 1.29 is 0 Å². The molecule has 0 aromatic rings. The summed E-state index contributed by atoms with van der Waals surface area (Å²) < 4.78 is 0. The molecule has 2 bridgehead atoms. The predicted octanol–water partition coefficient (Wildman–Crippen LogP) is 2.27. The summed E-state index contributed by atoms with van der Waals surface area (Å²) in [4.78, 5) is 2.59. The van der Waals surface area contributed by atoms with Gasteiger partial charge in [0.05, 0.1) is 0 Å². The molecule has 0 aromatic carbocycles. The fourth-order valence-corrected chi connectivity index (χ4v) is 2.38. The summed E-state index contributed by atoms with van der Waals surface area (Å²) in [5.74, 6) is 0. The van der Waals surface area contributed by atoms with Crippen LogP contribution in [0.15, 0.2) is 0 Å². The van der Waals surface area contributed by atoms with Crippen molar-refractivity contribution in [2.24, 2.45) is 0 Å². The van der Waals surface area contributed by atoms with Gasteiger partial charge in [-0.3, -0.25) is 0 Å². The summed E-state index contributed by atoms with van der Waals surface area (Å²) in [5, 5.41) is 0. The molecule has 1 nitrogen and oxygen atoms in total. The number of piperidine rings is 1. The van der Waals surface area contributed by atoms with Crippen molar-refractivity contribution in [2.75, 3.05) is 7.05 Å². The Kier molecular flexibility index (Phi) is 2.35. The molecular formula is C9H19N. The van der Waals surface area contributed by atoms with E-state index in [1.807, 2.05) is 0 Å². The highest BCUT2D eigenvalue weighted by Crippen LogP contribution is 2.33. The molecule has 0 aliphatic carbocycles. The van der Waals surface area contributed by atoms with Crippen LogP contribution in [0.2, 0.25) is 0 Å². The van der Waals surface area contributed by atoms with Crippen LogP contribution >= 0.6 is 0 Å². The summed E-state index contributed by atoms with van der Waals surface area (Å²) in [6.07, 6.45) is 7.36. The number of hydrogen-bond donors (Lipinski definition) is 0. The van der Waals surface area contributed by atoms with Gasteiger partial charge in [0.25, 0.3) is 0 Å². The van der Waals surface area contributed by atoms with Gasteiger partial charge in [0.2, 0.25) is 0 Å². The van der Waals surface area contributed by atoms with Gasteiger partial charge in [0, 0.05) is 12.1 Å². The monoisotopic (exact) mass is 141 g/mol. The second kappa shape index (κ2) is 2.91. The van der Waals surface area contributed by atoms with Crippen molar-refractivity contribution in [3.63, 3.8) is 0 Å². The Hall–Kier alpha value is -0.0400. The highest BCUT2D eigenvalue weighted by molar-refractivity contribution is 4.89. The zero-order valence-corrected chi connectivity index (χ0v) is 6.14. The molecule has 2 heterocycles. The minimum absolute atomic E-state index is 0. The van der Waals surface area contributed by atoms with Crippen molar-refractivity contribution in [1.82, 2.24) is 4.90 Å². The SMILES string of the molecule is C.CN1C2CCCC1CC2. The van der Waals surface area contributed by atoms with Crippen LogP contribution < -0.4 is 0 Å². The van der Waals surface area contributed by atoms with E-state index in [0.29, 0.717) is 0 Å². The van der Waals surface area contributed by atoms with Crippen LogP contribution in [-0.4, -0.2) is 24.0 Å². The van der Waals surface area contributed by atoms with E-state index in [1.54, 1.807) is 0 Å². The Morgan fingerprint density at radius 3 is 1.90 bits per heavy atom. The Balaban J connectivity index is 0.000000500. The minimum atomic E-state index is 0. The van der Waals surface area contributed by atoms with Gasteiger partial charge in [-0.25, -0.2) is 0 Å². The highest BCUT2D eigenvalue weighted by atomic mass is 15.2. The van der Waals surface area contributed by atoms with E-state index in [0.717, 1.165) is 12.1 Å². The molecule has 60 valence electrons. The van der Waals surface area contributed by atoms with E-state index >= 15 is 0 Å². The maximum atomic E-state index is 2.59. The molecule has 0 amide bonds. The number of hydrogen-bond acceptors (Lipinski definition) is 1. The molecule has 0 N–H and O–H groups in total. The average molecular weight is 141 g/mol. The number of rotatable bonds is 0. The molecule has 0 radical (unpaired) electrons. The maximum absolute atomic E-state index is 2.59. The zero-order chi connectivity index (χ0) is 6.27. The van der Waals surface area contributed by atoms with E-state index < -0.39 is 0 Å². The van der Waals surface area contributed by atoms with Gasteiger partial charge in [-0.05, 0) is 32.7 Å². The van der Waals surface area contributed by atoms with Crippen molar-refractivity contribution in [1.29, 1.82) is 0 Å². The Bertz CT molecular complexity index is 95.3. The van der Waals surface area contributed by atoms with Crippen molar-refractivity contribution in [3.05, 3.63) is 0 Å². The van der Waals surface area contributed by atoms with Crippen molar-refractivity contribution in [2.45, 2.75) is 51.6 Å². The number of fused-ring (bicyclic) bond motifs is 2. The summed E-state index contributed by atoms with van der Waals surface area (Å²) in [7, 11) is 2.29. The summed E-state index contributed by atoms with van der Waals surface area (Å²) in [6, 6.07) is 1.92. The van der Waals surface area contributed by atoms with Gasteiger partial charge < -0.3 is 4.90 Å². The van der Waals surface area contributed by atoms with E-state index in [4.69, 9.17) is 0 Å². The molecule has 2 unspecified atom stereocenters. The minimum Gasteiger partial charge on any atom is -0.300 e. The lowest BCUT2D eigenvalue weighted by Gasteiger charge is -2.30. The molecule has 2 aliphatic heterocycles. The first-order chi connectivity index (χ1) is 4.38. The average Bonchev–Trinajstić information content (AvgIpc) is 2.19. The summed E-state index contributed by atoms with van der Waals surface area (Å²) >= 11 is 0. The predicted molar refractivity (Wildman–Crippen MR) is 45.2 cm³/mol. The lowest BCUT2D eigenvalue weighted by molar-refractivity contribution is 0.179. The molecule has 2 saturated heterocycles. The third-order valence-electron chi connectivity index (χ3n) is 3.06. The molecule has 0 aromatic heterocycles. The van der Waals surface area contributed by atoms with Gasteiger partial charge in [0.1, 0.15) is 0 Å². The van der Waals surface area contributed by atoms with E-state index in [1.165, 1.54) is 32.1 Å². The van der Waals surface area contributed by atoms with Gasteiger partial charge in [-0.1, -0.05) is 13.8 Å². The van der Waals surface area contributed by atoms with Crippen LogP contribution in [0.4, 0.5) is 0 Å². The molecule has 2 atom stereocenters. The lowest BCUT2D eigenvalue weighted by Crippen LogP contribution is -2.35. The molecular weight excluding hydrogens is 122 g/mol. The molecule has 1 heteroatoms. The van der Waals surface area contributed by atoms with E-state index in [9.17, 15) is 0 Å². The Morgan fingerprint density at radius 1 is 1.00 bits per heavy atom. The topological polar surface area (TPSA) is 3.24 Å². The van der Waals surface area contributed by atoms with Crippen LogP contribution in [-0.2, 0) is 0 Å². The molecule has 2 fully saturated rings. The largest absolute Gasteiger partial charge is 0.300 e. The molecule has 0 saturated carbocycles. The second-order valence-electron chi connectivity index (χ2n) is 3.48. The first-order valence-electron chi connectivity index (χ1n) is 4.10. The smallest absolute Gasteiger partial charge is 0.00957 e. The zero-order valence-electron chi connectivity index (χ0n) is 6.14. The highest BCUT2D eigenvalue weighted by Gasteiger charge is 2.33. The number of nitrogens with zero attached hydrogens (tertiary/aromatic N) is 1. The van der Waals surface area contributed by atoms with Gasteiger partial charge in [0.15, 0.2) is 0 Å². The Labute approximate surface area is 64.4 Å². The van der Waals surface area contributed by atoms with Gasteiger partial charge in [-0.15, -0.1) is 0 Å². The van der Waals surface area contributed by atoms with Crippen LogP contribution in [0.3, 0.4) is 0 Å². The Morgan fingerprint density at radius 2 is 1.50 bits per heavy atom. The lowest BCUT2D eigenvalue weighted by atomic mass is 10.0. The molecule has 10 heavy (non-hydrogen) atoms. The summed E-state index contributed by atoms with van der Waals surface area (Å²) in [5.41, 5.74) is 0. The van der Waals surface area contributed by atoms with E-state index in [2.05, 4.69) is 11.9 Å². The van der Waals surface area contributed by atoms with Crippen LogP contribution in [0, 0.1) is 0 Å².